The van der Waals surface area contributed by atoms with Gasteiger partial charge in [0.15, 0.2) is 0 Å². The van der Waals surface area contributed by atoms with Gasteiger partial charge in [0, 0.05) is 0 Å². The third kappa shape index (κ3) is 4.19. The summed E-state index contributed by atoms with van der Waals surface area (Å²) < 4.78 is 0.531. The van der Waals surface area contributed by atoms with Crippen LogP contribution in [-0.4, -0.2) is 15.3 Å². The lowest BCUT2D eigenvalue weighted by Gasteiger charge is -2.17. The molecule has 130 valence electrons. The van der Waals surface area contributed by atoms with Gasteiger partial charge >= 0.3 is 0 Å². The largest absolute Gasteiger partial charge is 0.507 e. The second kappa shape index (κ2) is 7.70. The Hall–Kier alpha value is -1.33. The van der Waals surface area contributed by atoms with E-state index in [1.54, 1.807) is 0 Å². The fourth-order valence-corrected chi connectivity index (χ4v) is 3.90. The number of aryl methyl sites for hydroxylation is 1. The van der Waals surface area contributed by atoms with Crippen LogP contribution in [0.5, 0.6) is 5.75 Å². The molecule has 1 aliphatic heterocycles. The smallest absolute Gasteiger partial charge is 0.263 e. The van der Waals surface area contributed by atoms with Crippen molar-refractivity contribution in [1.29, 1.82) is 0 Å². The number of hydrogen-bond acceptors (Lipinski definition) is 4. The molecular weight excluding hydrogens is 338 g/mol. The Balaban J connectivity index is 2.25. The molecular formula is C19H25NO2S2. The minimum absolute atomic E-state index is 0.0843. The van der Waals surface area contributed by atoms with E-state index in [1.807, 2.05) is 6.92 Å². The first-order valence-electron chi connectivity index (χ1n) is 8.29. The van der Waals surface area contributed by atoms with Crippen molar-refractivity contribution in [2.45, 2.75) is 59.3 Å². The van der Waals surface area contributed by atoms with Gasteiger partial charge in [0.1, 0.15) is 10.1 Å². The van der Waals surface area contributed by atoms with Gasteiger partial charge in [0.2, 0.25) is 0 Å². The van der Waals surface area contributed by atoms with Gasteiger partial charge in [0.25, 0.3) is 5.91 Å². The first-order valence-corrected chi connectivity index (χ1v) is 9.51. The van der Waals surface area contributed by atoms with Crippen molar-refractivity contribution in [3.8, 4) is 5.75 Å². The number of allylic oxidation sites excluding steroid dienone is 1. The minimum atomic E-state index is -0.0843. The highest BCUT2D eigenvalue weighted by atomic mass is 32.2. The Morgan fingerprint density at radius 1 is 1.21 bits per heavy atom. The zero-order valence-electron chi connectivity index (χ0n) is 14.9. The average molecular weight is 364 g/mol. The van der Waals surface area contributed by atoms with Crippen LogP contribution in [0.1, 0.15) is 69.6 Å². The van der Waals surface area contributed by atoms with Crippen LogP contribution in [0.3, 0.4) is 0 Å². The summed E-state index contributed by atoms with van der Waals surface area (Å²) in [4.78, 5) is 12.6. The SMILES string of the molecule is C/C(CCc1cc(C(C)C)c(O)c(C(C)C)c1)=C1/SC(=S)NC1=O. The van der Waals surface area contributed by atoms with Crippen molar-refractivity contribution in [2.24, 2.45) is 0 Å². The highest BCUT2D eigenvalue weighted by Crippen LogP contribution is 2.35. The quantitative estimate of drug-likeness (QED) is 0.571. The van der Waals surface area contributed by atoms with Gasteiger partial charge in [-0.2, -0.15) is 0 Å². The van der Waals surface area contributed by atoms with E-state index in [1.165, 1.54) is 17.3 Å². The van der Waals surface area contributed by atoms with E-state index < -0.39 is 0 Å². The first-order chi connectivity index (χ1) is 11.2. The van der Waals surface area contributed by atoms with Gasteiger partial charge < -0.3 is 10.4 Å². The molecule has 1 aromatic rings. The van der Waals surface area contributed by atoms with E-state index in [0.29, 0.717) is 10.1 Å². The molecule has 0 saturated carbocycles. The third-order valence-corrected chi connectivity index (χ3v) is 5.64. The Morgan fingerprint density at radius 3 is 2.17 bits per heavy atom. The summed E-state index contributed by atoms with van der Waals surface area (Å²) in [7, 11) is 0. The lowest BCUT2D eigenvalue weighted by molar-refractivity contribution is -0.115. The number of carbonyl (C=O) groups is 1. The van der Waals surface area contributed by atoms with Crippen LogP contribution in [0.25, 0.3) is 0 Å². The molecule has 0 radical (unpaired) electrons. The highest BCUT2D eigenvalue weighted by Gasteiger charge is 2.24. The molecule has 0 aromatic heterocycles. The van der Waals surface area contributed by atoms with Crippen molar-refractivity contribution >= 4 is 34.2 Å². The number of hydrogen-bond donors (Lipinski definition) is 2. The maximum atomic E-state index is 11.9. The van der Waals surface area contributed by atoms with Crippen LogP contribution in [0.4, 0.5) is 0 Å². The predicted molar refractivity (Wildman–Crippen MR) is 106 cm³/mol. The van der Waals surface area contributed by atoms with Gasteiger partial charge in [-0.15, -0.1) is 0 Å². The van der Waals surface area contributed by atoms with Crippen molar-refractivity contribution in [3.63, 3.8) is 0 Å². The molecule has 1 heterocycles. The average Bonchev–Trinajstić information content (AvgIpc) is 2.83. The second-order valence-electron chi connectivity index (χ2n) is 6.89. The summed E-state index contributed by atoms with van der Waals surface area (Å²) in [6.45, 7) is 10.4. The maximum absolute atomic E-state index is 11.9. The molecule has 1 fully saturated rings. The number of phenolic OH excluding ortho intramolecular Hbond substituents is 1. The summed E-state index contributed by atoms with van der Waals surface area (Å²) in [6, 6.07) is 4.19. The monoisotopic (exact) mass is 363 g/mol. The van der Waals surface area contributed by atoms with E-state index in [-0.39, 0.29) is 17.7 Å². The van der Waals surface area contributed by atoms with Crippen LogP contribution in [0, 0.1) is 0 Å². The van der Waals surface area contributed by atoms with Crippen LogP contribution >= 0.6 is 24.0 Å². The van der Waals surface area contributed by atoms with E-state index in [2.05, 4.69) is 45.1 Å². The Labute approximate surface area is 153 Å². The molecule has 0 atom stereocenters. The molecule has 2 N–H and O–H groups in total. The van der Waals surface area contributed by atoms with Crippen molar-refractivity contribution in [3.05, 3.63) is 39.3 Å². The topological polar surface area (TPSA) is 49.3 Å². The molecule has 0 aliphatic carbocycles. The van der Waals surface area contributed by atoms with E-state index in [0.717, 1.165) is 34.4 Å². The molecule has 1 aliphatic rings. The molecule has 5 heteroatoms. The fraction of sp³-hybridized carbons (Fsp3) is 0.474. The van der Waals surface area contributed by atoms with Gasteiger partial charge in [-0.3, -0.25) is 4.79 Å². The van der Waals surface area contributed by atoms with Crippen LogP contribution in [0.2, 0.25) is 0 Å². The number of thiocarbonyl (C=S) groups is 1. The van der Waals surface area contributed by atoms with Crippen molar-refractivity contribution in [1.82, 2.24) is 5.32 Å². The molecule has 1 aromatic carbocycles. The number of phenols is 1. The molecule has 1 amide bonds. The zero-order chi connectivity index (χ0) is 18.0. The third-order valence-electron chi connectivity index (χ3n) is 4.27. The molecule has 0 spiro atoms. The van der Waals surface area contributed by atoms with Gasteiger partial charge in [-0.05, 0) is 48.3 Å². The zero-order valence-corrected chi connectivity index (χ0v) is 16.5. The Bertz CT molecular complexity index is 676. The summed E-state index contributed by atoms with van der Waals surface area (Å²) in [5.41, 5.74) is 4.25. The summed E-state index contributed by atoms with van der Waals surface area (Å²) in [6.07, 6.45) is 1.65. The predicted octanol–water partition coefficient (Wildman–Crippen LogP) is 4.99. The van der Waals surface area contributed by atoms with E-state index in [9.17, 15) is 9.90 Å². The number of benzene rings is 1. The number of thioether (sulfide) groups is 1. The fourth-order valence-electron chi connectivity index (χ4n) is 2.81. The number of amides is 1. The summed E-state index contributed by atoms with van der Waals surface area (Å²) in [5, 5.41) is 13.2. The van der Waals surface area contributed by atoms with Crippen molar-refractivity contribution in [2.75, 3.05) is 0 Å². The number of nitrogens with one attached hydrogen (secondary N) is 1. The highest BCUT2D eigenvalue weighted by molar-refractivity contribution is 8.26. The van der Waals surface area contributed by atoms with Crippen molar-refractivity contribution < 1.29 is 9.90 Å². The number of rotatable bonds is 5. The summed E-state index contributed by atoms with van der Waals surface area (Å²) in [5.74, 6) is 0.889. The molecule has 1 saturated heterocycles. The standard InChI is InChI=1S/C19H25NO2S2/c1-10(2)14-8-13(9-15(11(3)4)16(14)21)7-6-12(5)17-18(22)20-19(23)24-17/h8-11,21H,6-7H2,1-5H3,(H,20,22,23)/b17-12-. The van der Waals surface area contributed by atoms with Crippen LogP contribution in [-0.2, 0) is 11.2 Å². The second-order valence-corrected chi connectivity index (χ2v) is 8.57. The van der Waals surface area contributed by atoms with Gasteiger partial charge in [0.05, 0.1) is 4.91 Å². The lowest BCUT2D eigenvalue weighted by Crippen LogP contribution is -2.18. The maximum Gasteiger partial charge on any atom is 0.263 e. The van der Waals surface area contributed by atoms with Gasteiger partial charge in [-0.1, -0.05) is 69.4 Å². The molecule has 2 rings (SSSR count). The van der Waals surface area contributed by atoms with E-state index >= 15 is 0 Å². The first kappa shape index (κ1) is 19.0. The minimum Gasteiger partial charge on any atom is -0.507 e. The lowest BCUT2D eigenvalue weighted by atomic mass is 9.90. The molecule has 0 unspecified atom stereocenters. The molecule has 0 bridgehead atoms. The number of carbonyl (C=O) groups excluding carboxylic acids is 1. The van der Waals surface area contributed by atoms with Crippen LogP contribution in [0.15, 0.2) is 22.6 Å². The van der Waals surface area contributed by atoms with Crippen LogP contribution < -0.4 is 5.32 Å². The Morgan fingerprint density at radius 2 is 1.75 bits per heavy atom. The summed E-state index contributed by atoms with van der Waals surface area (Å²) >= 11 is 6.39. The normalized spacial score (nSPS) is 17.0. The Kier molecular flexibility index (Phi) is 6.10. The molecule has 24 heavy (non-hydrogen) atoms. The van der Waals surface area contributed by atoms with Gasteiger partial charge in [-0.25, -0.2) is 0 Å². The van der Waals surface area contributed by atoms with E-state index in [4.69, 9.17) is 12.2 Å². The molecule has 3 nitrogen and oxygen atoms in total. The number of aromatic hydroxyl groups is 1.